The molecule has 1 atom stereocenters. The standard InChI is InChI=1S/C15H29N3S/c1-3-5-6-7-8-9-10-11-14(16-12-4-2)15-13-19-18-17-15/h13-14,16H,3-12H2,1-2H3. The molecule has 19 heavy (non-hydrogen) atoms. The Balaban J connectivity index is 2.15. The molecule has 110 valence electrons. The topological polar surface area (TPSA) is 37.8 Å². The van der Waals surface area contributed by atoms with Crippen LogP contribution >= 0.6 is 11.5 Å². The molecule has 0 saturated heterocycles. The summed E-state index contributed by atoms with van der Waals surface area (Å²) in [5.41, 5.74) is 1.13. The molecule has 1 aromatic heterocycles. The molecule has 0 radical (unpaired) electrons. The molecule has 0 bridgehead atoms. The Kier molecular flexibility index (Phi) is 9.91. The summed E-state index contributed by atoms with van der Waals surface area (Å²) in [4.78, 5) is 0. The molecule has 0 aliphatic rings. The van der Waals surface area contributed by atoms with Crippen molar-refractivity contribution >= 4 is 11.5 Å². The summed E-state index contributed by atoms with van der Waals surface area (Å²) < 4.78 is 3.98. The molecule has 0 fully saturated rings. The molecule has 0 saturated carbocycles. The summed E-state index contributed by atoms with van der Waals surface area (Å²) in [5.74, 6) is 0. The molecule has 3 nitrogen and oxygen atoms in total. The van der Waals surface area contributed by atoms with Gasteiger partial charge < -0.3 is 5.32 Å². The molecule has 1 N–H and O–H groups in total. The Morgan fingerprint density at radius 2 is 1.79 bits per heavy atom. The highest BCUT2D eigenvalue weighted by molar-refractivity contribution is 7.03. The minimum Gasteiger partial charge on any atom is -0.309 e. The van der Waals surface area contributed by atoms with Gasteiger partial charge in [0.05, 0.1) is 11.7 Å². The van der Waals surface area contributed by atoms with Gasteiger partial charge in [0.25, 0.3) is 0 Å². The fourth-order valence-corrected chi connectivity index (χ4v) is 2.81. The lowest BCUT2D eigenvalue weighted by atomic mass is 10.0. The first kappa shape index (κ1) is 16.6. The van der Waals surface area contributed by atoms with Gasteiger partial charge in [0.2, 0.25) is 0 Å². The van der Waals surface area contributed by atoms with Crippen molar-refractivity contribution in [2.45, 2.75) is 77.7 Å². The molecular formula is C15H29N3S. The van der Waals surface area contributed by atoms with Crippen molar-refractivity contribution in [3.8, 4) is 0 Å². The first-order chi connectivity index (χ1) is 9.38. The molecule has 0 amide bonds. The predicted octanol–water partition coefficient (Wildman–Crippen LogP) is 4.72. The normalized spacial score (nSPS) is 12.7. The van der Waals surface area contributed by atoms with Crippen molar-refractivity contribution in [3.63, 3.8) is 0 Å². The van der Waals surface area contributed by atoms with E-state index in [-0.39, 0.29) is 0 Å². The van der Waals surface area contributed by atoms with Crippen molar-refractivity contribution in [1.82, 2.24) is 14.9 Å². The van der Waals surface area contributed by atoms with Gasteiger partial charge in [-0.2, -0.15) is 0 Å². The van der Waals surface area contributed by atoms with Gasteiger partial charge in [-0.25, -0.2) is 0 Å². The van der Waals surface area contributed by atoms with Crippen LogP contribution in [0, 0.1) is 0 Å². The SMILES string of the molecule is CCCCCCCCCC(NCCC)c1csnn1. The molecule has 1 heterocycles. The molecule has 1 unspecified atom stereocenters. The van der Waals surface area contributed by atoms with Crippen molar-refractivity contribution in [1.29, 1.82) is 0 Å². The molecule has 0 aliphatic carbocycles. The van der Waals surface area contributed by atoms with E-state index in [0.717, 1.165) is 12.2 Å². The van der Waals surface area contributed by atoms with Crippen LogP contribution in [0.2, 0.25) is 0 Å². The fraction of sp³-hybridized carbons (Fsp3) is 0.867. The fourth-order valence-electron chi connectivity index (χ4n) is 2.30. The van der Waals surface area contributed by atoms with Gasteiger partial charge in [-0.1, -0.05) is 63.3 Å². The summed E-state index contributed by atoms with van der Waals surface area (Å²) >= 11 is 1.45. The van der Waals surface area contributed by atoms with Crippen LogP contribution in [0.15, 0.2) is 5.38 Å². The Morgan fingerprint density at radius 1 is 1.05 bits per heavy atom. The van der Waals surface area contributed by atoms with Crippen LogP contribution in [0.1, 0.15) is 83.4 Å². The average molecular weight is 283 g/mol. The highest BCUT2D eigenvalue weighted by Crippen LogP contribution is 2.19. The second-order valence-electron chi connectivity index (χ2n) is 5.25. The van der Waals surface area contributed by atoms with E-state index in [1.54, 1.807) is 0 Å². The summed E-state index contributed by atoms with van der Waals surface area (Å²) in [6, 6.07) is 0.411. The van der Waals surface area contributed by atoms with E-state index in [0.29, 0.717) is 6.04 Å². The van der Waals surface area contributed by atoms with E-state index in [2.05, 4.69) is 34.1 Å². The Bertz CT molecular complexity index is 288. The number of unbranched alkanes of at least 4 members (excludes halogenated alkanes) is 6. The zero-order chi connectivity index (χ0) is 13.8. The van der Waals surface area contributed by atoms with Crippen LogP contribution in [0.5, 0.6) is 0 Å². The smallest absolute Gasteiger partial charge is 0.0924 e. The predicted molar refractivity (Wildman–Crippen MR) is 83.6 cm³/mol. The number of hydrogen-bond donors (Lipinski definition) is 1. The second-order valence-corrected chi connectivity index (χ2v) is 5.86. The van der Waals surface area contributed by atoms with Crippen LogP contribution < -0.4 is 5.32 Å². The van der Waals surface area contributed by atoms with Gasteiger partial charge in [-0.05, 0) is 30.9 Å². The van der Waals surface area contributed by atoms with E-state index in [1.807, 2.05) is 0 Å². The van der Waals surface area contributed by atoms with E-state index in [4.69, 9.17) is 0 Å². The maximum atomic E-state index is 4.21. The molecular weight excluding hydrogens is 254 g/mol. The van der Waals surface area contributed by atoms with Crippen LogP contribution in [0.25, 0.3) is 0 Å². The van der Waals surface area contributed by atoms with Crippen LogP contribution in [0.4, 0.5) is 0 Å². The second kappa shape index (κ2) is 11.4. The van der Waals surface area contributed by atoms with Crippen molar-refractivity contribution in [2.75, 3.05) is 6.54 Å². The highest BCUT2D eigenvalue weighted by atomic mass is 32.1. The van der Waals surface area contributed by atoms with Gasteiger partial charge in [0.1, 0.15) is 0 Å². The lowest BCUT2D eigenvalue weighted by Crippen LogP contribution is -2.22. The third-order valence-electron chi connectivity index (χ3n) is 3.47. The quantitative estimate of drug-likeness (QED) is 0.564. The maximum absolute atomic E-state index is 4.21. The molecule has 0 spiro atoms. The molecule has 1 rings (SSSR count). The minimum atomic E-state index is 0.411. The lowest BCUT2D eigenvalue weighted by molar-refractivity contribution is 0.457. The first-order valence-electron chi connectivity index (χ1n) is 7.88. The third kappa shape index (κ3) is 7.63. The van der Waals surface area contributed by atoms with Crippen LogP contribution in [-0.2, 0) is 0 Å². The summed E-state index contributed by atoms with van der Waals surface area (Å²) in [7, 11) is 0. The number of aromatic nitrogens is 2. The van der Waals surface area contributed by atoms with E-state index < -0.39 is 0 Å². The highest BCUT2D eigenvalue weighted by Gasteiger charge is 2.12. The zero-order valence-corrected chi connectivity index (χ0v) is 13.3. The summed E-state index contributed by atoms with van der Waals surface area (Å²) in [6.45, 7) is 5.54. The van der Waals surface area contributed by atoms with Gasteiger partial charge in [-0.3, -0.25) is 0 Å². The number of nitrogens with one attached hydrogen (secondary N) is 1. The summed E-state index contributed by atoms with van der Waals surface area (Å²) in [6.07, 6.45) is 11.9. The van der Waals surface area contributed by atoms with Gasteiger partial charge in [0.15, 0.2) is 0 Å². The third-order valence-corrected chi connectivity index (χ3v) is 3.99. The first-order valence-corrected chi connectivity index (χ1v) is 8.72. The Hall–Kier alpha value is -0.480. The molecule has 0 aliphatic heterocycles. The van der Waals surface area contributed by atoms with Gasteiger partial charge >= 0.3 is 0 Å². The number of nitrogens with zero attached hydrogens (tertiary/aromatic N) is 2. The molecule has 0 aromatic carbocycles. The van der Waals surface area contributed by atoms with Gasteiger partial charge in [0, 0.05) is 5.38 Å². The molecule has 1 aromatic rings. The average Bonchev–Trinajstić information content (AvgIpc) is 2.95. The zero-order valence-electron chi connectivity index (χ0n) is 12.5. The Labute approximate surface area is 122 Å². The lowest BCUT2D eigenvalue weighted by Gasteiger charge is -2.15. The monoisotopic (exact) mass is 283 g/mol. The number of rotatable bonds is 12. The van der Waals surface area contributed by atoms with Crippen LogP contribution in [-0.4, -0.2) is 16.1 Å². The summed E-state index contributed by atoms with van der Waals surface area (Å²) in [5, 5.41) is 9.88. The Morgan fingerprint density at radius 3 is 2.42 bits per heavy atom. The van der Waals surface area contributed by atoms with Crippen molar-refractivity contribution in [2.24, 2.45) is 0 Å². The van der Waals surface area contributed by atoms with E-state index >= 15 is 0 Å². The maximum Gasteiger partial charge on any atom is 0.0924 e. The van der Waals surface area contributed by atoms with Crippen molar-refractivity contribution in [3.05, 3.63) is 11.1 Å². The number of hydrogen-bond acceptors (Lipinski definition) is 4. The van der Waals surface area contributed by atoms with E-state index in [9.17, 15) is 0 Å². The van der Waals surface area contributed by atoms with Crippen molar-refractivity contribution < 1.29 is 0 Å². The van der Waals surface area contributed by atoms with Gasteiger partial charge in [-0.15, -0.1) is 5.10 Å². The minimum absolute atomic E-state index is 0.411. The van der Waals surface area contributed by atoms with E-state index in [1.165, 1.54) is 69.3 Å². The van der Waals surface area contributed by atoms with Crippen LogP contribution in [0.3, 0.4) is 0 Å². The molecule has 4 heteroatoms. The largest absolute Gasteiger partial charge is 0.309 e.